The molecule has 2 rings (SSSR count). The molecule has 1 aromatic rings. The molecule has 3 nitrogen and oxygen atoms in total. The van der Waals surface area contributed by atoms with Crippen molar-refractivity contribution in [2.24, 2.45) is 0 Å². The van der Waals surface area contributed by atoms with Crippen LogP contribution in [-0.2, 0) is 4.79 Å². The highest BCUT2D eigenvalue weighted by atomic mass is 19.3. The van der Waals surface area contributed by atoms with Gasteiger partial charge >= 0.3 is 0 Å². The Balaban J connectivity index is 2.41. The first kappa shape index (κ1) is 15.9. The predicted molar refractivity (Wildman–Crippen MR) is 78.2 cm³/mol. The van der Waals surface area contributed by atoms with Crippen LogP contribution in [0.15, 0.2) is 18.2 Å². The van der Waals surface area contributed by atoms with Gasteiger partial charge in [-0.05, 0) is 38.3 Å². The summed E-state index contributed by atoms with van der Waals surface area (Å²) in [5.74, 6) is -0.254. The highest BCUT2D eigenvalue weighted by molar-refractivity contribution is 5.88. The van der Waals surface area contributed by atoms with Gasteiger partial charge in [0.25, 0.3) is 6.43 Å². The lowest BCUT2D eigenvalue weighted by molar-refractivity contribution is -0.134. The van der Waals surface area contributed by atoms with Crippen LogP contribution in [0.4, 0.5) is 8.78 Å². The lowest BCUT2D eigenvalue weighted by Crippen LogP contribution is -2.43. The zero-order valence-corrected chi connectivity index (χ0v) is 12.9. The lowest BCUT2D eigenvalue weighted by Gasteiger charge is -2.25. The maximum atomic E-state index is 12.8. The highest BCUT2D eigenvalue weighted by Crippen LogP contribution is 2.34. The number of alkyl halides is 2. The van der Waals surface area contributed by atoms with Crippen LogP contribution in [0.3, 0.4) is 0 Å². The van der Waals surface area contributed by atoms with Crippen molar-refractivity contribution in [1.29, 1.82) is 0 Å². The zero-order valence-electron chi connectivity index (χ0n) is 12.9. The van der Waals surface area contributed by atoms with Gasteiger partial charge in [-0.15, -0.1) is 0 Å². The minimum Gasteiger partial charge on any atom is -0.316 e. The van der Waals surface area contributed by atoms with Crippen molar-refractivity contribution >= 4 is 5.91 Å². The summed E-state index contributed by atoms with van der Waals surface area (Å²) in [5, 5.41) is 3.24. The van der Waals surface area contributed by atoms with Crippen LogP contribution in [-0.4, -0.2) is 29.3 Å². The van der Waals surface area contributed by atoms with E-state index < -0.39 is 24.7 Å². The van der Waals surface area contributed by atoms with E-state index in [0.29, 0.717) is 6.42 Å². The minimum absolute atomic E-state index is 0.254. The third-order valence-electron chi connectivity index (χ3n) is 4.26. The number of carbonyl (C=O) groups excluding carboxylic acids is 1. The Morgan fingerprint density at radius 2 is 2.05 bits per heavy atom. The number of nitrogens with zero attached hydrogens (tertiary/aromatic N) is 1. The average Bonchev–Trinajstić information content (AvgIpc) is 2.64. The molecule has 0 aromatic heterocycles. The van der Waals surface area contributed by atoms with Gasteiger partial charge in [-0.1, -0.05) is 30.7 Å². The second-order valence-corrected chi connectivity index (χ2v) is 5.94. The molecule has 1 saturated heterocycles. The van der Waals surface area contributed by atoms with Crippen LogP contribution >= 0.6 is 0 Å². The predicted octanol–water partition coefficient (Wildman–Crippen LogP) is 3.17. The fourth-order valence-corrected chi connectivity index (χ4v) is 2.84. The molecule has 1 amide bonds. The number of hydrogen-bond donors (Lipinski definition) is 1. The molecule has 1 aromatic carbocycles. The molecule has 1 fully saturated rings. The van der Waals surface area contributed by atoms with Gasteiger partial charge in [0.05, 0.1) is 12.1 Å². The third-order valence-corrected chi connectivity index (χ3v) is 4.26. The zero-order chi connectivity index (χ0) is 15.8. The average molecular weight is 296 g/mol. The van der Waals surface area contributed by atoms with Crippen LogP contribution in [0.25, 0.3) is 0 Å². The SMILES string of the molecule is CCC1(C)NC(c2ccc(C)cc2C)N(CC(F)F)C1=O. The van der Waals surface area contributed by atoms with Gasteiger partial charge in [0, 0.05) is 0 Å². The van der Waals surface area contributed by atoms with Crippen molar-refractivity contribution < 1.29 is 13.6 Å². The number of halogens is 2. The number of nitrogens with one attached hydrogen (secondary N) is 1. The molecule has 2 atom stereocenters. The van der Waals surface area contributed by atoms with E-state index in [-0.39, 0.29) is 5.91 Å². The Labute approximate surface area is 124 Å². The fraction of sp³-hybridized carbons (Fsp3) is 0.562. The Morgan fingerprint density at radius 1 is 1.38 bits per heavy atom. The summed E-state index contributed by atoms with van der Waals surface area (Å²) in [5.41, 5.74) is 2.21. The highest BCUT2D eigenvalue weighted by Gasteiger charge is 2.48. The van der Waals surface area contributed by atoms with E-state index in [9.17, 15) is 13.6 Å². The van der Waals surface area contributed by atoms with E-state index in [4.69, 9.17) is 0 Å². The molecule has 0 aliphatic carbocycles. The monoisotopic (exact) mass is 296 g/mol. The Morgan fingerprint density at radius 3 is 2.57 bits per heavy atom. The molecule has 1 aliphatic rings. The molecule has 0 spiro atoms. The first-order valence-electron chi connectivity index (χ1n) is 7.22. The van der Waals surface area contributed by atoms with Crippen molar-refractivity contribution in [3.63, 3.8) is 0 Å². The Hall–Kier alpha value is -1.49. The summed E-state index contributed by atoms with van der Waals surface area (Å²) >= 11 is 0. The van der Waals surface area contributed by atoms with Gasteiger partial charge in [0.1, 0.15) is 6.17 Å². The Kier molecular flexibility index (Phi) is 4.33. The Bertz CT molecular complexity index is 547. The van der Waals surface area contributed by atoms with Crippen LogP contribution < -0.4 is 5.32 Å². The first-order valence-corrected chi connectivity index (χ1v) is 7.22. The largest absolute Gasteiger partial charge is 0.316 e. The number of benzene rings is 1. The molecule has 116 valence electrons. The van der Waals surface area contributed by atoms with E-state index in [1.807, 2.05) is 39.0 Å². The van der Waals surface area contributed by atoms with Gasteiger partial charge < -0.3 is 4.90 Å². The van der Waals surface area contributed by atoms with Gasteiger partial charge in [-0.25, -0.2) is 8.78 Å². The third kappa shape index (κ3) is 2.93. The van der Waals surface area contributed by atoms with Gasteiger partial charge in [-0.2, -0.15) is 0 Å². The van der Waals surface area contributed by atoms with Crippen LogP contribution in [0, 0.1) is 13.8 Å². The molecule has 0 bridgehead atoms. The number of amides is 1. The summed E-state index contributed by atoms with van der Waals surface area (Å²) in [6, 6.07) is 5.86. The molecule has 1 heterocycles. The molecule has 1 N–H and O–H groups in total. The van der Waals surface area contributed by atoms with Crippen LogP contribution in [0.1, 0.15) is 43.1 Å². The molecule has 2 unspecified atom stereocenters. The maximum Gasteiger partial charge on any atom is 0.255 e. The van der Waals surface area contributed by atoms with Crippen molar-refractivity contribution in [2.75, 3.05) is 6.54 Å². The number of carbonyl (C=O) groups is 1. The van der Waals surface area contributed by atoms with Crippen LogP contribution in [0.2, 0.25) is 0 Å². The van der Waals surface area contributed by atoms with Gasteiger partial charge in [0.15, 0.2) is 0 Å². The maximum absolute atomic E-state index is 12.8. The summed E-state index contributed by atoms with van der Waals surface area (Å²) in [4.78, 5) is 13.8. The number of aryl methyl sites for hydroxylation is 2. The second kappa shape index (κ2) is 5.72. The van der Waals surface area contributed by atoms with E-state index in [1.54, 1.807) is 6.92 Å². The second-order valence-electron chi connectivity index (χ2n) is 5.94. The normalized spacial score (nSPS) is 26.0. The standard InChI is InChI=1S/C16H22F2N2O/c1-5-16(4)15(21)20(9-13(17)18)14(19-16)12-7-6-10(2)8-11(12)3/h6-8,13-14,19H,5,9H2,1-4H3. The lowest BCUT2D eigenvalue weighted by atomic mass is 9.99. The molecular formula is C16H22F2N2O. The number of rotatable bonds is 4. The topological polar surface area (TPSA) is 32.3 Å². The smallest absolute Gasteiger partial charge is 0.255 e. The molecule has 1 aliphatic heterocycles. The van der Waals surface area contributed by atoms with Crippen molar-refractivity contribution in [2.45, 2.75) is 52.2 Å². The summed E-state index contributed by atoms with van der Waals surface area (Å²) in [6.07, 6.45) is -2.47. The van der Waals surface area contributed by atoms with Crippen molar-refractivity contribution in [1.82, 2.24) is 10.2 Å². The van der Waals surface area contributed by atoms with E-state index in [0.717, 1.165) is 16.7 Å². The van der Waals surface area contributed by atoms with Crippen molar-refractivity contribution in [3.8, 4) is 0 Å². The number of hydrogen-bond acceptors (Lipinski definition) is 2. The quantitative estimate of drug-likeness (QED) is 0.925. The summed E-state index contributed by atoms with van der Waals surface area (Å²) in [7, 11) is 0. The molecular weight excluding hydrogens is 274 g/mol. The first-order chi connectivity index (χ1) is 9.78. The molecule has 5 heteroatoms. The van der Waals surface area contributed by atoms with E-state index in [2.05, 4.69) is 5.32 Å². The summed E-state index contributed by atoms with van der Waals surface area (Å²) < 4.78 is 25.7. The van der Waals surface area contributed by atoms with Gasteiger partial charge in [-0.3, -0.25) is 10.1 Å². The van der Waals surface area contributed by atoms with Gasteiger partial charge in [0.2, 0.25) is 5.91 Å². The molecule has 21 heavy (non-hydrogen) atoms. The van der Waals surface area contributed by atoms with Crippen molar-refractivity contribution in [3.05, 3.63) is 34.9 Å². The fourth-order valence-electron chi connectivity index (χ4n) is 2.84. The molecule has 0 saturated carbocycles. The molecule has 0 radical (unpaired) electrons. The van der Waals surface area contributed by atoms with E-state index in [1.165, 1.54) is 4.90 Å². The minimum atomic E-state index is -2.54. The van der Waals surface area contributed by atoms with E-state index >= 15 is 0 Å². The van der Waals surface area contributed by atoms with Crippen LogP contribution in [0.5, 0.6) is 0 Å². The summed E-state index contributed by atoms with van der Waals surface area (Å²) in [6.45, 7) is 7.04.